The summed E-state index contributed by atoms with van der Waals surface area (Å²) < 4.78 is 0. The van der Waals surface area contributed by atoms with Crippen LogP contribution in [0.15, 0.2) is 0 Å². The van der Waals surface area contributed by atoms with Crippen LogP contribution < -0.4 is 0 Å². The van der Waals surface area contributed by atoms with E-state index in [1.807, 2.05) is 0 Å². The van der Waals surface area contributed by atoms with Gasteiger partial charge in [0.25, 0.3) is 0 Å². The summed E-state index contributed by atoms with van der Waals surface area (Å²) in [5, 5.41) is 0. The summed E-state index contributed by atoms with van der Waals surface area (Å²) in [6.45, 7) is 0. The van der Waals surface area contributed by atoms with Gasteiger partial charge in [-0.05, 0) is 0 Å². The summed E-state index contributed by atoms with van der Waals surface area (Å²) in [6, 6.07) is 0. The maximum atomic E-state index is 1.50. The topological polar surface area (TPSA) is 0 Å². The Morgan fingerprint density at radius 1 is 0.500 bits per heavy atom. The van der Waals surface area contributed by atoms with Gasteiger partial charge in [-0.3, -0.25) is 0 Å². The Kier molecular flexibility index (Phi) is 4.02. The van der Waals surface area contributed by atoms with Crippen LogP contribution in [0.5, 0.6) is 0 Å². The predicted octanol–water partition coefficient (Wildman–Crippen LogP) is 1.95. The SMILES string of the molecule is C1CCCC1.[Fe]. The summed E-state index contributed by atoms with van der Waals surface area (Å²) in [5.41, 5.74) is 0. The molecule has 1 saturated carbocycles. The predicted molar refractivity (Wildman–Crippen MR) is 23.1 cm³/mol. The molecule has 0 aliphatic heterocycles. The smallest absolute Gasteiger partial charge is 0 e. The van der Waals surface area contributed by atoms with E-state index in [-0.39, 0.29) is 17.1 Å². The van der Waals surface area contributed by atoms with Crippen molar-refractivity contribution in [1.29, 1.82) is 0 Å². The van der Waals surface area contributed by atoms with Gasteiger partial charge in [-0.2, -0.15) is 0 Å². The zero-order chi connectivity index (χ0) is 3.54. The van der Waals surface area contributed by atoms with Gasteiger partial charge >= 0.3 is 0 Å². The Morgan fingerprint density at radius 2 is 0.667 bits per heavy atom. The molecule has 1 heteroatoms. The summed E-state index contributed by atoms with van der Waals surface area (Å²) >= 11 is 0. The Balaban J connectivity index is 0.000000250. The van der Waals surface area contributed by atoms with Gasteiger partial charge in [0.2, 0.25) is 0 Å². The van der Waals surface area contributed by atoms with Crippen molar-refractivity contribution in [1.82, 2.24) is 0 Å². The van der Waals surface area contributed by atoms with Crippen molar-refractivity contribution in [2.45, 2.75) is 32.1 Å². The summed E-state index contributed by atoms with van der Waals surface area (Å²) in [4.78, 5) is 0. The van der Waals surface area contributed by atoms with Crippen LogP contribution >= 0.6 is 0 Å². The van der Waals surface area contributed by atoms with Gasteiger partial charge in [0.15, 0.2) is 0 Å². The fourth-order valence-corrected chi connectivity index (χ4v) is 0.884. The average Bonchev–Trinajstić information content (AvgIpc) is 1.76. The molecule has 6 heavy (non-hydrogen) atoms. The van der Waals surface area contributed by atoms with Crippen molar-refractivity contribution in [3.8, 4) is 0 Å². The third kappa shape index (κ3) is 1.84. The van der Waals surface area contributed by atoms with E-state index in [0.717, 1.165) is 0 Å². The molecule has 0 bridgehead atoms. The molecule has 0 aromatic carbocycles. The minimum Gasteiger partial charge on any atom is -0.0533 e. The molecule has 0 aromatic rings. The first-order chi connectivity index (χ1) is 2.50. The van der Waals surface area contributed by atoms with E-state index in [0.29, 0.717) is 0 Å². The van der Waals surface area contributed by atoms with Gasteiger partial charge in [0, 0.05) is 17.1 Å². The van der Waals surface area contributed by atoms with Gasteiger partial charge < -0.3 is 0 Å². The molecule has 0 radical (unpaired) electrons. The molecule has 0 saturated heterocycles. The average molecular weight is 126 g/mol. The van der Waals surface area contributed by atoms with Crippen molar-refractivity contribution in [3.63, 3.8) is 0 Å². The van der Waals surface area contributed by atoms with E-state index in [2.05, 4.69) is 0 Å². The number of hydrogen-bond acceptors (Lipinski definition) is 0. The van der Waals surface area contributed by atoms with Crippen LogP contribution in [-0.4, -0.2) is 0 Å². The molecule has 1 aliphatic carbocycles. The number of rotatable bonds is 0. The first-order valence-electron chi connectivity index (χ1n) is 2.50. The quantitative estimate of drug-likeness (QED) is 0.435. The maximum absolute atomic E-state index is 1.50. The van der Waals surface area contributed by atoms with Gasteiger partial charge in [-0.1, -0.05) is 32.1 Å². The van der Waals surface area contributed by atoms with Crippen LogP contribution in [0.3, 0.4) is 0 Å². The zero-order valence-electron chi connectivity index (χ0n) is 3.89. The normalized spacial score (nSPS) is 20.0. The van der Waals surface area contributed by atoms with E-state index in [1.165, 1.54) is 32.1 Å². The van der Waals surface area contributed by atoms with Crippen molar-refractivity contribution >= 4 is 0 Å². The van der Waals surface area contributed by atoms with Crippen LogP contribution in [0.4, 0.5) is 0 Å². The van der Waals surface area contributed by atoms with Crippen LogP contribution in [0.2, 0.25) is 0 Å². The Labute approximate surface area is 49.8 Å². The summed E-state index contributed by atoms with van der Waals surface area (Å²) in [6.07, 6.45) is 7.50. The monoisotopic (exact) mass is 126 g/mol. The van der Waals surface area contributed by atoms with Gasteiger partial charge in [0.1, 0.15) is 0 Å². The van der Waals surface area contributed by atoms with Crippen LogP contribution in [0.25, 0.3) is 0 Å². The third-order valence-electron chi connectivity index (χ3n) is 1.25. The van der Waals surface area contributed by atoms with Crippen molar-refractivity contribution in [2.75, 3.05) is 0 Å². The molecule has 1 fully saturated rings. The minimum atomic E-state index is 0. The first-order valence-corrected chi connectivity index (χ1v) is 2.50. The van der Waals surface area contributed by atoms with Crippen molar-refractivity contribution in [3.05, 3.63) is 0 Å². The van der Waals surface area contributed by atoms with Crippen molar-refractivity contribution in [2.24, 2.45) is 0 Å². The molecule has 1 aliphatic rings. The van der Waals surface area contributed by atoms with Gasteiger partial charge in [0.05, 0.1) is 0 Å². The minimum absolute atomic E-state index is 0. The van der Waals surface area contributed by atoms with E-state index < -0.39 is 0 Å². The zero-order valence-corrected chi connectivity index (χ0v) is 4.99. The second-order valence-electron chi connectivity index (χ2n) is 1.77. The fraction of sp³-hybridized carbons (Fsp3) is 1.00. The summed E-state index contributed by atoms with van der Waals surface area (Å²) in [5.74, 6) is 0. The summed E-state index contributed by atoms with van der Waals surface area (Å²) in [7, 11) is 0. The van der Waals surface area contributed by atoms with E-state index in [9.17, 15) is 0 Å². The van der Waals surface area contributed by atoms with Crippen LogP contribution in [0, 0.1) is 0 Å². The van der Waals surface area contributed by atoms with Gasteiger partial charge in [-0.25, -0.2) is 0 Å². The first kappa shape index (κ1) is 6.52. The van der Waals surface area contributed by atoms with Crippen LogP contribution in [-0.2, 0) is 17.1 Å². The Bertz CT molecular complexity index is 15.5. The van der Waals surface area contributed by atoms with Crippen LogP contribution in [0.1, 0.15) is 32.1 Å². The maximum Gasteiger partial charge on any atom is 0 e. The molecule has 0 atom stereocenters. The molecule has 38 valence electrons. The standard InChI is InChI=1S/C5H10.Fe/c1-2-4-5-3-1;/h1-5H2;. The fourth-order valence-electron chi connectivity index (χ4n) is 0.884. The molecule has 0 spiro atoms. The molecule has 0 amide bonds. The van der Waals surface area contributed by atoms with Gasteiger partial charge in [-0.15, -0.1) is 0 Å². The molecule has 1 rings (SSSR count). The Morgan fingerprint density at radius 3 is 0.833 bits per heavy atom. The second kappa shape index (κ2) is 3.70. The van der Waals surface area contributed by atoms with E-state index in [1.54, 1.807) is 0 Å². The molecular weight excluding hydrogens is 116 g/mol. The third-order valence-corrected chi connectivity index (χ3v) is 1.25. The molecule has 0 nitrogen and oxygen atoms in total. The largest absolute Gasteiger partial charge is 0.0533 e. The molecular formula is C5H10Fe. The Hall–Kier alpha value is 0.519. The van der Waals surface area contributed by atoms with Crippen molar-refractivity contribution < 1.29 is 17.1 Å². The van der Waals surface area contributed by atoms with E-state index in [4.69, 9.17) is 0 Å². The molecule has 0 aromatic heterocycles. The number of hydrogen-bond donors (Lipinski definition) is 0. The van der Waals surface area contributed by atoms with E-state index >= 15 is 0 Å². The molecule has 0 unspecified atom stereocenters. The molecule has 0 N–H and O–H groups in total. The molecule has 0 heterocycles. The second-order valence-corrected chi connectivity index (χ2v) is 1.77.